The third-order valence-corrected chi connectivity index (χ3v) is 4.40. The summed E-state index contributed by atoms with van der Waals surface area (Å²) < 4.78 is 183. The second-order valence-electron chi connectivity index (χ2n) is 5.69. The minimum absolute atomic E-state index is 2.36. The molecule has 0 rings (SSSR count). The predicted octanol–water partition coefficient (Wildman–Crippen LogP) is 4.89. The van der Waals surface area contributed by atoms with Gasteiger partial charge in [-0.25, -0.2) is 61.1 Å². The Kier molecular flexibility index (Phi) is 10.5. The van der Waals surface area contributed by atoms with E-state index in [1.54, 1.807) is 0 Å². The van der Waals surface area contributed by atoms with E-state index in [1.807, 2.05) is 0 Å². The van der Waals surface area contributed by atoms with E-state index < -0.39 is 85.8 Å². The topological polar surface area (TPSA) is 52.6 Å². The lowest BCUT2D eigenvalue weighted by Gasteiger charge is -2.35. The molecular formula is C12H14F12O4S. The molecule has 0 aromatic heterocycles. The number of hydrogen-bond acceptors (Lipinski definition) is 4. The fourth-order valence-corrected chi connectivity index (χ4v) is 3.46. The zero-order chi connectivity index (χ0) is 23.2. The molecule has 0 aliphatic heterocycles. The summed E-state index contributed by atoms with van der Waals surface area (Å²) in [6.07, 6.45) is -33.7. The van der Waals surface area contributed by atoms with Crippen LogP contribution < -0.4 is 0 Å². The summed E-state index contributed by atoms with van der Waals surface area (Å²) in [5.74, 6) is 0. The highest BCUT2D eigenvalue weighted by Gasteiger charge is 2.54. The van der Waals surface area contributed by atoms with Gasteiger partial charge in [0, 0.05) is 25.7 Å². The first kappa shape index (κ1) is 28.0. The Balaban J connectivity index is 6.11. The molecule has 0 heterocycles. The van der Waals surface area contributed by atoms with Crippen LogP contribution in [0.1, 0.15) is 25.7 Å². The van der Waals surface area contributed by atoms with Gasteiger partial charge < -0.3 is 0 Å². The van der Waals surface area contributed by atoms with E-state index in [9.17, 15) is 61.1 Å². The van der Waals surface area contributed by atoms with Gasteiger partial charge in [-0.15, -0.1) is 0 Å². The molecule has 29 heavy (non-hydrogen) atoms. The second kappa shape index (κ2) is 10.9. The van der Waals surface area contributed by atoms with Crippen molar-refractivity contribution in [2.45, 2.75) is 75.4 Å². The molecule has 0 saturated carbocycles. The summed E-state index contributed by atoms with van der Waals surface area (Å²) in [7, 11) is -6.46. The van der Waals surface area contributed by atoms with Crippen LogP contribution in [0.2, 0.25) is 0 Å². The van der Waals surface area contributed by atoms with Gasteiger partial charge >= 0.3 is 10.4 Å². The van der Waals surface area contributed by atoms with E-state index in [0.29, 0.717) is 0 Å². The zero-order valence-electron chi connectivity index (χ0n) is 13.9. The van der Waals surface area contributed by atoms with Gasteiger partial charge in [-0.05, 0) is 0 Å². The van der Waals surface area contributed by atoms with Crippen molar-refractivity contribution in [1.29, 1.82) is 0 Å². The summed E-state index contributed by atoms with van der Waals surface area (Å²) in [6.45, 7) is 0. The van der Waals surface area contributed by atoms with E-state index in [4.69, 9.17) is 0 Å². The van der Waals surface area contributed by atoms with Crippen LogP contribution in [0.25, 0.3) is 0 Å². The number of alkyl halides is 12. The Morgan fingerprint density at radius 3 is 0.862 bits per heavy atom. The molecule has 0 aromatic carbocycles. The van der Waals surface area contributed by atoms with Gasteiger partial charge in [-0.3, -0.25) is 0 Å². The maximum absolute atomic E-state index is 13.1. The largest absolute Gasteiger partial charge is 0.401 e. The van der Waals surface area contributed by atoms with Crippen molar-refractivity contribution in [3.8, 4) is 0 Å². The van der Waals surface area contributed by atoms with Crippen LogP contribution >= 0.6 is 0 Å². The zero-order valence-corrected chi connectivity index (χ0v) is 14.7. The van der Waals surface area contributed by atoms with E-state index in [2.05, 4.69) is 8.37 Å². The fourth-order valence-electron chi connectivity index (χ4n) is 2.20. The Hall–Kier alpha value is -0.970. The van der Waals surface area contributed by atoms with Gasteiger partial charge in [-0.2, -0.15) is 8.42 Å². The first-order chi connectivity index (χ1) is 13.0. The molecule has 0 fully saturated rings. The second-order valence-corrected chi connectivity index (χ2v) is 6.84. The Bertz CT molecular complexity index is 519. The normalized spacial score (nSPS) is 14.4. The highest BCUT2D eigenvalue weighted by Crippen LogP contribution is 2.40. The van der Waals surface area contributed by atoms with Crippen LogP contribution in [0.15, 0.2) is 0 Å². The van der Waals surface area contributed by atoms with Crippen LogP contribution in [0.3, 0.4) is 0 Å². The summed E-state index contributed by atoms with van der Waals surface area (Å²) >= 11 is 0. The average Bonchev–Trinajstić information content (AvgIpc) is 2.41. The van der Waals surface area contributed by atoms with E-state index >= 15 is 0 Å². The molecule has 0 radical (unpaired) electrons. The van der Waals surface area contributed by atoms with Gasteiger partial charge in [0.1, 0.15) is 0 Å². The maximum Gasteiger partial charge on any atom is 0.401 e. The van der Waals surface area contributed by atoms with Crippen molar-refractivity contribution in [1.82, 2.24) is 0 Å². The van der Waals surface area contributed by atoms with Crippen LogP contribution in [-0.2, 0) is 18.8 Å². The SMILES string of the molecule is O=S(=O)(OC(CC(F)F)(CC(F)F)C(F)F)OC(CC(F)F)(CC(F)F)C(F)F. The highest BCUT2D eigenvalue weighted by molar-refractivity contribution is 7.82. The smallest absolute Gasteiger partial charge is 0.235 e. The number of hydrogen-bond donors (Lipinski definition) is 0. The summed E-state index contributed by atoms with van der Waals surface area (Å²) in [4.78, 5) is 0. The average molecular weight is 482 g/mol. The Morgan fingerprint density at radius 1 is 0.517 bits per heavy atom. The van der Waals surface area contributed by atoms with Crippen molar-refractivity contribution in [2.75, 3.05) is 0 Å². The monoisotopic (exact) mass is 482 g/mol. The van der Waals surface area contributed by atoms with Crippen molar-refractivity contribution >= 4 is 10.4 Å². The van der Waals surface area contributed by atoms with Gasteiger partial charge in [0.05, 0.1) is 0 Å². The molecule has 4 nitrogen and oxygen atoms in total. The molecular weight excluding hydrogens is 468 g/mol. The number of halogens is 12. The molecule has 0 aliphatic rings. The standard InChI is InChI=1S/C12H14F12O4S/c13-5(14)1-11(9(21)22,2-6(15)16)27-29(25,26)28-12(10(23)24,3-7(17)18)4-8(19)20/h5-10H,1-4H2. The van der Waals surface area contributed by atoms with Crippen molar-refractivity contribution in [2.24, 2.45) is 0 Å². The molecule has 17 heteroatoms. The molecule has 0 aromatic rings. The lowest BCUT2D eigenvalue weighted by Crippen LogP contribution is -2.50. The lowest BCUT2D eigenvalue weighted by atomic mass is 9.96. The molecule has 0 spiro atoms. The molecule has 0 aliphatic carbocycles. The van der Waals surface area contributed by atoms with E-state index in [1.165, 1.54) is 0 Å². The lowest BCUT2D eigenvalue weighted by molar-refractivity contribution is -0.156. The number of rotatable bonds is 14. The summed E-state index contributed by atoms with van der Waals surface area (Å²) in [5.41, 5.74) is -8.41. The van der Waals surface area contributed by atoms with E-state index in [0.717, 1.165) is 0 Å². The Labute approximate surface area is 156 Å². The predicted molar refractivity (Wildman–Crippen MR) is 71.0 cm³/mol. The van der Waals surface area contributed by atoms with Crippen molar-refractivity contribution in [3.63, 3.8) is 0 Å². The maximum atomic E-state index is 13.1. The van der Waals surface area contributed by atoms with Crippen LogP contribution in [-0.4, -0.2) is 58.2 Å². The van der Waals surface area contributed by atoms with Gasteiger partial charge in [0.25, 0.3) is 12.9 Å². The summed E-state index contributed by atoms with van der Waals surface area (Å²) in [6, 6.07) is 0. The molecule has 0 amide bonds. The fraction of sp³-hybridized carbons (Fsp3) is 1.00. The molecule has 0 unspecified atom stereocenters. The molecule has 0 N–H and O–H groups in total. The first-order valence-corrected chi connectivity index (χ1v) is 8.65. The molecule has 176 valence electrons. The quantitative estimate of drug-likeness (QED) is 0.331. The van der Waals surface area contributed by atoms with Crippen LogP contribution in [0.4, 0.5) is 52.7 Å². The minimum Gasteiger partial charge on any atom is -0.235 e. The van der Waals surface area contributed by atoms with Gasteiger partial charge in [-0.1, -0.05) is 0 Å². The third-order valence-electron chi connectivity index (χ3n) is 3.33. The summed E-state index contributed by atoms with van der Waals surface area (Å²) in [5, 5.41) is 0. The van der Waals surface area contributed by atoms with E-state index in [-0.39, 0.29) is 0 Å². The molecule has 0 bridgehead atoms. The third kappa shape index (κ3) is 9.15. The van der Waals surface area contributed by atoms with Gasteiger partial charge in [0.2, 0.25) is 25.7 Å². The Morgan fingerprint density at radius 2 is 0.724 bits per heavy atom. The molecule has 0 atom stereocenters. The van der Waals surface area contributed by atoms with Crippen LogP contribution in [0, 0.1) is 0 Å². The van der Waals surface area contributed by atoms with Gasteiger partial charge in [0.15, 0.2) is 11.2 Å². The van der Waals surface area contributed by atoms with Crippen molar-refractivity contribution in [3.05, 3.63) is 0 Å². The molecule has 0 saturated heterocycles. The van der Waals surface area contributed by atoms with Crippen molar-refractivity contribution < 1.29 is 69.5 Å². The minimum atomic E-state index is -6.46. The van der Waals surface area contributed by atoms with Crippen LogP contribution in [0.5, 0.6) is 0 Å². The highest BCUT2D eigenvalue weighted by atomic mass is 32.3. The first-order valence-electron chi connectivity index (χ1n) is 7.32.